The molecule has 0 aromatic heterocycles. The molecule has 3 N–H and O–H groups in total. The summed E-state index contributed by atoms with van der Waals surface area (Å²) in [6, 6.07) is 0. The summed E-state index contributed by atoms with van der Waals surface area (Å²) < 4.78 is 0. The maximum atomic E-state index is 10.1. The number of carboxylic acid groups (broad SMARTS) is 6. The fourth-order valence-corrected chi connectivity index (χ4v) is 2.05. The standard InChI is InChI=1S/3C4H5O5P.3Na/c3*5-2(3(6)7)1-10-4(8)9;;;/h3*10H,1H2,(H,6,7)(H,8,9);;;/q;;;3*+1/p-3. The predicted molar refractivity (Wildman–Crippen MR) is 93.7 cm³/mol. The van der Waals surface area contributed by atoms with Gasteiger partial charge in [-0.1, -0.05) is 0 Å². The predicted octanol–water partition coefficient (Wildman–Crippen LogP) is -13.0. The Morgan fingerprint density at radius 3 is 0.697 bits per heavy atom. The van der Waals surface area contributed by atoms with E-state index in [2.05, 4.69) is 0 Å². The molecular weight excluding hydrogens is 546 g/mol. The van der Waals surface area contributed by atoms with Crippen LogP contribution in [-0.2, 0) is 28.8 Å². The van der Waals surface area contributed by atoms with Crippen molar-refractivity contribution in [1.82, 2.24) is 0 Å². The van der Waals surface area contributed by atoms with Gasteiger partial charge in [0.2, 0.25) is 0 Å². The second kappa shape index (κ2) is 28.4. The van der Waals surface area contributed by atoms with Gasteiger partial charge in [0.25, 0.3) is 0 Å². The van der Waals surface area contributed by atoms with Crippen molar-refractivity contribution in [2.45, 2.75) is 0 Å². The summed E-state index contributed by atoms with van der Waals surface area (Å²) in [5.41, 5.74) is -3.51. The fourth-order valence-electron chi connectivity index (χ4n) is 0.684. The van der Waals surface area contributed by atoms with Crippen molar-refractivity contribution in [3.63, 3.8) is 0 Å². The molecule has 0 aliphatic carbocycles. The molecule has 0 spiro atoms. The molecule has 0 aliphatic rings. The quantitative estimate of drug-likeness (QED) is 0.114. The van der Waals surface area contributed by atoms with E-state index in [1.807, 2.05) is 0 Å². The van der Waals surface area contributed by atoms with Crippen LogP contribution >= 0.6 is 25.7 Å². The second-order valence-corrected chi connectivity index (χ2v) is 7.51. The molecule has 0 rings (SSSR count). The van der Waals surface area contributed by atoms with Gasteiger partial charge in [0, 0.05) is 44.2 Å². The maximum absolute atomic E-state index is 10.1. The number of aliphatic carboxylic acids is 3. The molecule has 15 nitrogen and oxygen atoms in total. The molecule has 0 saturated carbocycles. The summed E-state index contributed by atoms with van der Waals surface area (Å²) in [4.78, 5) is 88.7. The number of ketones is 3. The number of rotatable bonds is 12. The van der Waals surface area contributed by atoms with E-state index in [4.69, 9.17) is 15.3 Å². The molecule has 168 valence electrons. The number of hydrogen-bond donors (Lipinski definition) is 3. The first kappa shape index (κ1) is 46.5. The van der Waals surface area contributed by atoms with Crippen LogP contribution in [0.4, 0.5) is 14.4 Å². The van der Waals surface area contributed by atoms with Gasteiger partial charge in [0.05, 0.1) is 0 Å². The summed E-state index contributed by atoms with van der Waals surface area (Å²) in [7, 11) is -2.08. The van der Waals surface area contributed by atoms with Crippen LogP contribution in [0.2, 0.25) is 0 Å². The molecule has 0 amide bonds. The Bertz CT molecular complexity index is 633. The number of hydrogen-bond acceptors (Lipinski definition) is 12. The third kappa shape index (κ3) is 39.6. The van der Waals surface area contributed by atoms with Gasteiger partial charge in [-0.3, -0.25) is 14.4 Å². The van der Waals surface area contributed by atoms with Crippen LogP contribution in [0.3, 0.4) is 0 Å². The van der Waals surface area contributed by atoms with Crippen molar-refractivity contribution < 1.29 is 162 Å². The molecule has 0 bridgehead atoms. The molecule has 0 aliphatic heterocycles. The summed E-state index contributed by atoms with van der Waals surface area (Å²) in [5.74, 6) is -8.97. The van der Waals surface area contributed by atoms with Crippen LogP contribution in [0.15, 0.2) is 0 Å². The number of Topliss-reactive ketones (excluding diaryl/α,β-unsaturated/α-hetero) is 3. The first-order valence-electron chi connectivity index (χ1n) is 6.74. The average Bonchev–Trinajstić information content (AvgIpc) is 2.62. The molecule has 0 saturated heterocycles. The van der Waals surface area contributed by atoms with Crippen LogP contribution in [0.5, 0.6) is 0 Å². The normalized spacial score (nSPS) is 9.09. The van der Waals surface area contributed by atoms with E-state index in [0.29, 0.717) is 0 Å². The maximum Gasteiger partial charge on any atom is 1.00 e. The summed E-state index contributed by atoms with van der Waals surface area (Å²) in [6.07, 6.45) is -1.42. The van der Waals surface area contributed by atoms with Gasteiger partial charge in [-0.15, -0.1) is 0 Å². The molecular formula is C12H12Na3O15P3. The number of carbonyl (C=O) groups is 9. The number of carboxylic acids is 3. The van der Waals surface area contributed by atoms with Crippen molar-refractivity contribution in [3.05, 3.63) is 0 Å². The largest absolute Gasteiger partial charge is 1.00 e. The zero-order valence-electron chi connectivity index (χ0n) is 17.4. The van der Waals surface area contributed by atoms with Gasteiger partial charge in [-0.2, -0.15) is 0 Å². The fraction of sp³-hybridized carbons (Fsp3) is 0.250. The Morgan fingerprint density at radius 1 is 0.455 bits per heavy atom. The van der Waals surface area contributed by atoms with E-state index >= 15 is 0 Å². The van der Waals surface area contributed by atoms with E-state index in [0.717, 1.165) is 0 Å². The zero-order valence-corrected chi connectivity index (χ0v) is 26.4. The average molecular weight is 558 g/mol. The van der Waals surface area contributed by atoms with Gasteiger partial charge in [0.1, 0.15) is 17.9 Å². The van der Waals surface area contributed by atoms with Gasteiger partial charge < -0.3 is 45.0 Å². The van der Waals surface area contributed by atoms with Crippen LogP contribution in [0.25, 0.3) is 0 Å². The molecule has 33 heavy (non-hydrogen) atoms. The SMILES string of the molecule is O=C(O)PCC(=O)C(=O)[O-].O=C(O)PCC(=O)C(=O)[O-].O=C(O)PCC(=O)C(=O)[O-].[Na+].[Na+].[Na+]. The minimum Gasteiger partial charge on any atom is -0.542 e. The minimum atomic E-state index is -1.83. The van der Waals surface area contributed by atoms with Crippen LogP contribution in [0, 0.1) is 0 Å². The Morgan fingerprint density at radius 2 is 0.606 bits per heavy atom. The Hall–Kier alpha value is 0.120. The van der Waals surface area contributed by atoms with Crippen molar-refractivity contribution in [2.75, 3.05) is 18.5 Å². The van der Waals surface area contributed by atoms with Crippen LogP contribution < -0.4 is 104 Å². The van der Waals surface area contributed by atoms with Gasteiger partial charge in [-0.05, 0) is 0 Å². The van der Waals surface area contributed by atoms with Gasteiger partial charge >= 0.3 is 106 Å². The summed E-state index contributed by atoms with van der Waals surface area (Å²) in [5, 5.41) is 53.0. The smallest absolute Gasteiger partial charge is 0.542 e. The number of carbonyl (C=O) groups excluding carboxylic acids is 6. The third-order valence-corrected chi connectivity index (χ3v) is 4.28. The first-order chi connectivity index (χ1) is 13.6. The van der Waals surface area contributed by atoms with Gasteiger partial charge in [-0.25, -0.2) is 14.4 Å². The Kier molecular flexibility index (Phi) is 39.9. The topological polar surface area (TPSA) is 283 Å². The molecule has 0 heterocycles. The van der Waals surface area contributed by atoms with E-state index in [-0.39, 0.29) is 88.7 Å². The summed E-state index contributed by atoms with van der Waals surface area (Å²) in [6.45, 7) is 0. The molecule has 0 fully saturated rings. The van der Waals surface area contributed by atoms with E-state index in [1.165, 1.54) is 0 Å². The monoisotopic (exact) mass is 558 g/mol. The van der Waals surface area contributed by atoms with Crippen molar-refractivity contribution in [1.29, 1.82) is 0 Å². The van der Waals surface area contributed by atoms with Crippen molar-refractivity contribution >= 4 is 78.1 Å². The second-order valence-electron chi connectivity index (χ2n) is 4.11. The first-order valence-corrected chi connectivity index (χ1v) is 10.4. The zero-order chi connectivity index (χ0) is 24.4. The molecule has 0 radical (unpaired) electrons. The molecule has 3 atom stereocenters. The molecule has 3 unspecified atom stereocenters. The molecule has 0 aromatic rings. The van der Waals surface area contributed by atoms with Gasteiger partial charge in [0.15, 0.2) is 17.3 Å². The third-order valence-electron chi connectivity index (χ3n) is 1.88. The summed E-state index contributed by atoms with van der Waals surface area (Å²) >= 11 is 0. The molecule has 21 heteroatoms. The van der Waals surface area contributed by atoms with Crippen molar-refractivity contribution in [3.8, 4) is 0 Å². The molecule has 0 aromatic carbocycles. The van der Waals surface area contributed by atoms with E-state index in [9.17, 15) is 58.5 Å². The minimum absolute atomic E-state index is 0. The van der Waals surface area contributed by atoms with Crippen LogP contribution in [-0.4, -0.2) is 86.2 Å². The van der Waals surface area contributed by atoms with E-state index in [1.54, 1.807) is 0 Å². The Labute approximate surface area is 256 Å². The van der Waals surface area contributed by atoms with E-state index < -0.39 is 96.6 Å². The Balaban J connectivity index is -0.0000000792. The van der Waals surface area contributed by atoms with Crippen LogP contribution in [0.1, 0.15) is 0 Å². The van der Waals surface area contributed by atoms with Crippen molar-refractivity contribution in [2.24, 2.45) is 0 Å².